The topological polar surface area (TPSA) is 56.8 Å². The average Bonchev–Trinajstić information content (AvgIpc) is 2.46. The Kier molecular flexibility index (Phi) is 8.10. The highest BCUT2D eigenvalue weighted by molar-refractivity contribution is 5.86. The second kappa shape index (κ2) is 10.00. The van der Waals surface area contributed by atoms with Crippen molar-refractivity contribution in [2.24, 2.45) is 0 Å². The molecule has 0 aromatic heterocycles. The Bertz CT molecular complexity index is 414. The van der Waals surface area contributed by atoms with Crippen LogP contribution in [-0.2, 0) is 14.4 Å². The molecule has 0 radical (unpaired) electrons. The SMILES string of the molecule is CNOC(=O)/C=C/c1ccc(OCCCCOC)cc1. The lowest BCUT2D eigenvalue weighted by Gasteiger charge is -2.06. The van der Waals surface area contributed by atoms with Gasteiger partial charge in [0, 0.05) is 26.8 Å². The van der Waals surface area contributed by atoms with E-state index in [0.717, 1.165) is 30.8 Å². The highest BCUT2D eigenvalue weighted by Gasteiger charge is 1.96. The van der Waals surface area contributed by atoms with Crippen molar-refractivity contribution in [3.05, 3.63) is 35.9 Å². The Labute approximate surface area is 119 Å². The molecule has 0 unspecified atom stereocenters. The van der Waals surface area contributed by atoms with Crippen molar-refractivity contribution in [1.82, 2.24) is 5.48 Å². The molecule has 0 saturated heterocycles. The summed E-state index contributed by atoms with van der Waals surface area (Å²) in [4.78, 5) is 15.7. The van der Waals surface area contributed by atoms with Gasteiger partial charge in [0.05, 0.1) is 6.61 Å². The Morgan fingerprint density at radius 3 is 2.55 bits per heavy atom. The number of methoxy groups -OCH3 is 1. The van der Waals surface area contributed by atoms with E-state index in [2.05, 4.69) is 10.3 Å². The number of hydrogen-bond donors (Lipinski definition) is 1. The second-order valence-electron chi connectivity index (χ2n) is 4.08. The van der Waals surface area contributed by atoms with Crippen molar-refractivity contribution in [1.29, 1.82) is 0 Å². The number of hydrogen-bond acceptors (Lipinski definition) is 5. The minimum Gasteiger partial charge on any atom is -0.494 e. The summed E-state index contributed by atoms with van der Waals surface area (Å²) < 4.78 is 10.6. The molecule has 1 aromatic rings. The van der Waals surface area contributed by atoms with E-state index in [1.165, 1.54) is 13.1 Å². The largest absolute Gasteiger partial charge is 0.494 e. The minimum atomic E-state index is -0.439. The Morgan fingerprint density at radius 1 is 1.20 bits per heavy atom. The molecule has 0 bridgehead atoms. The van der Waals surface area contributed by atoms with Crippen LogP contribution in [0, 0.1) is 0 Å². The zero-order chi connectivity index (χ0) is 14.6. The predicted molar refractivity (Wildman–Crippen MR) is 77.2 cm³/mol. The van der Waals surface area contributed by atoms with Gasteiger partial charge in [0.15, 0.2) is 0 Å². The van der Waals surface area contributed by atoms with Crippen LogP contribution in [0.25, 0.3) is 6.08 Å². The van der Waals surface area contributed by atoms with E-state index in [1.54, 1.807) is 13.2 Å². The number of carbonyl (C=O) groups excluding carboxylic acids is 1. The fraction of sp³-hybridized carbons (Fsp3) is 0.400. The molecule has 110 valence electrons. The Balaban J connectivity index is 2.34. The van der Waals surface area contributed by atoms with E-state index < -0.39 is 5.97 Å². The lowest BCUT2D eigenvalue weighted by atomic mass is 10.2. The summed E-state index contributed by atoms with van der Waals surface area (Å²) in [6, 6.07) is 7.51. The maximum Gasteiger partial charge on any atom is 0.349 e. The molecular weight excluding hydrogens is 258 g/mol. The molecule has 0 heterocycles. The first-order valence-corrected chi connectivity index (χ1v) is 6.53. The molecule has 0 fully saturated rings. The standard InChI is InChI=1S/C15H21NO4/c1-16-20-15(17)10-7-13-5-8-14(9-6-13)19-12-4-3-11-18-2/h5-10,16H,3-4,11-12H2,1-2H3/b10-7+. The molecule has 5 nitrogen and oxygen atoms in total. The van der Waals surface area contributed by atoms with Gasteiger partial charge in [-0.25, -0.2) is 4.79 Å². The van der Waals surface area contributed by atoms with E-state index in [0.29, 0.717) is 6.61 Å². The van der Waals surface area contributed by atoms with Gasteiger partial charge in [-0.2, -0.15) is 5.48 Å². The predicted octanol–water partition coefficient (Wildman–Crippen LogP) is 2.18. The summed E-state index contributed by atoms with van der Waals surface area (Å²) in [5, 5.41) is 0. The third kappa shape index (κ3) is 6.92. The summed E-state index contributed by atoms with van der Waals surface area (Å²) >= 11 is 0. The van der Waals surface area contributed by atoms with Crippen LogP contribution < -0.4 is 10.2 Å². The average molecular weight is 279 g/mol. The number of benzene rings is 1. The van der Waals surface area contributed by atoms with Crippen LogP contribution in [0.4, 0.5) is 0 Å². The number of carbonyl (C=O) groups is 1. The quantitative estimate of drug-likeness (QED) is 0.426. The van der Waals surface area contributed by atoms with Crippen LogP contribution in [0.2, 0.25) is 0 Å². The maximum atomic E-state index is 11.1. The van der Waals surface area contributed by atoms with E-state index in [-0.39, 0.29) is 0 Å². The molecule has 0 atom stereocenters. The Hall–Kier alpha value is -1.85. The van der Waals surface area contributed by atoms with Gasteiger partial charge in [-0.1, -0.05) is 12.1 Å². The fourth-order valence-electron chi connectivity index (χ4n) is 1.51. The molecule has 1 aromatic carbocycles. The van der Waals surface area contributed by atoms with Gasteiger partial charge in [0.2, 0.25) is 0 Å². The summed E-state index contributed by atoms with van der Waals surface area (Å²) in [7, 11) is 3.23. The first-order valence-electron chi connectivity index (χ1n) is 6.53. The molecule has 5 heteroatoms. The van der Waals surface area contributed by atoms with Crippen LogP contribution >= 0.6 is 0 Å². The van der Waals surface area contributed by atoms with Crippen LogP contribution in [0.1, 0.15) is 18.4 Å². The van der Waals surface area contributed by atoms with Crippen LogP contribution in [-0.4, -0.2) is 33.3 Å². The molecule has 0 spiro atoms. The van der Waals surface area contributed by atoms with Gasteiger partial charge in [-0.05, 0) is 36.6 Å². The second-order valence-corrected chi connectivity index (χ2v) is 4.08. The molecule has 1 N–H and O–H groups in total. The normalized spacial score (nSPS) is 10.7. The zero-order valence-corrected chi connectivity index (χ0v) is 11.9. The minimum absolute atomic E-state index is 0.439. The summed E-state index contributed by atoms with van der Waals surface area (Å²) in [6.45, 7) is 1.43. The lowest BCUT2D eigenvalue weighted by Crippen LogP contribution is -2.12. The highest BCUT2D eigenvalue weighted by Crippen LogP contribution is 2.13. The van der Waals surface area contributed by atoms with Crippen LogP contribution in [0.15, 0.2) is 30.3 Å². The van der Waals surface area contributed by atoms with Crippen molar-refractivity contribution >= 4 is 12.0 Å². The molecule has 20 heavy (non-hydrogen) atoms. The van der Waals surface area contributed by atoms with Gasteiger partial charge in [0.1, 0.15) is 5.75 Å². The maximum absolute atomic E-state index is 11.1. The van der Waals surface area contributed by atoms with Crippen molar-refractivity contribution in [3.8, 4) is 5.75 Å². The fourth-order valence-corrected chi connectivity index (χ4v) is 1.51. The molecular formula is C15H21NO4. The molecule has 0 saturated carbocycles. The molecule has 0 aliphatic carbocycles. The van der Waals surface area contributed by atoms with E-state index in [1.807, 2.05) is 24.3 Å². The third-order valence-corrected chi connectivity index (χ3v) is 2.51. The highest BCUT2D eigenvalue weighted by atomic mass is 16.7. The van der Waals surface area contributed by atoms with E-state index in [4.69, 9.17) is 9.47 Å². The molecule has 1 rings (SSSR count). The first kappa shape index (κ1) is 16.2. The number of rotatable bonds is 9. The summed E-state index contributed by atoms with van der Waals surface area (Å²) in [5.41, 5.74) is 3.23. The van der Waals surface area contributed by atoms with Crippen molar-refractivity contribution < 1.29 is 19.1 Å². The van der Waals surface area contributed by atoms with Gasteiger partial charge >= 0.3 is 5.97 Å². The van der Waals surface area contributed by atoms with Crippen LogP contribution in [0.3, 0.4) is 0 Å². The molecule has 0 aliphatic rings. The summed E-state index contributed by atoms with van der Waals surface area (Å²) in [6.07, 6.45) is 5.00. The van der Waals surface area contributed by atoms with Crippen LogP contribution in [0.5, 0.6) is 5.75 Å². The van der Waals surface area contributed by atoms with Gasteiger partial charge in [-0.3, -0.25) is 0 Å². The van der Waals surface area contributed by atoms with E-state index in [9.17, 15) is 4.79 Å². The zero-order valence-electron chi connectivity index (χ0n) is 11.9. The number of nitrogens with one attached hydrogen (secondary N) is 1. The molecule has 0 amide bonds. The third-order valence-electron chi connectivity index (χ3n) is 2.51. The number of unbranched alkanes of at least 4 members (excludes halogenated alkanes) is 1. The monoisotopic (exact) mass is 279 g/mol. The van der Waals surface area contributed by atoms with Crippen molar-refractivity contribution in [2.45, 2.75) is 12.8 Å². The van der Waals surface area contributed by atoms with E-state index >= 15 is 0 Å². The first-order chi connectivity index (χ1) is 9.76. The van der Waals surface area contributed by atoms with Gasteiger partial charge < -0.3 is 14.3 Å². The summed E-state index contributed by atoms with van der Waals surface area (Å²) in [5.74, 6) is 0.378. The lowest BCUT2D eigenvalue weighted by molar-refractivity contribution is -0.143. The van der Waals surface area contributed by atoms with Gasteiger partial charge in [0.25, 0.3) is 0 Å². The number of ether oxygens (including phenoxy) is 2. The Morgan fingerprint density at radius 2 is 1.90 bits per heavy atom. The number of hydroxylamine groups is 1. The smallest absolute Gasteiger partial charge is 0.349 e. The van der Waals surface area contributed by atoms with Crippen molar-refractivity contribution in [3.63, 3.8) is 0 Å². The molecule has 0 aliphatic heterocycles. The van der Waals surface area contributed by atoms with Gasteiger partial charge in [-0.15, -0.1) is 0 Å². The van der Waals surface area contributed by atoms with Crippen molar-refractivity contribution in [2.75, 3.05) is 27.4 Å².